The number of fused-ring (bicyclic) bond motifs is 1. The van der Waals surface area contributed by atoms with Crippen LogP contribution in [0.1, 0.15) is 24.1 Å². The molecule has 0 amide bonds. The highest BCUT2D eigenvalue weighted by Crippen LogP contribution is 2.28. The molecular weight excluding hydrogens is 204 g/mol. The summed E-state index contributed by atoms with van der Waals surface area (Å²) in [4.78, 5) is 8.80. The van der Waals surface area contributed by atoms with Gasteiger partial charge in [-0.05, 0) is 25.8 Å². The van der Waals surface area contributed by atoms with Gasteiger partial charge in [-0.3, -0.25) is 0 Å². The molecule has 1 aliphatic carbocycles. The van der Waals surface area contributed by atoms with Crippen molar-refractivity contribution in [1.82, 2.24) is 15.3 Å². The topological polar surface area (TPSA) is 59.1 Å². The van der Waals surface area contributed by atoms with Crippen LogP contribution in [0.3, 0.4) is 0 Å². The van der Waals surface area contributed by atoms with Crippen molar-refractivity contribution < 1.29 is 4.74 Å². The smallest absolute Gasteiger partial charge is 0.318 e. The van der Waals surface area contributed by atoms with Gasteiger partial charge < -0.3 is 15.4 Å². The molecule has 5 heteroatoms. The molecule has 1 fully saturated rings. The summed E-state index contributed by atoms with van der Waals surface area (Å²) in [7, 11) is 1.61. The van der Waals surface area contributed by atoms with Crippen molar-refractivity contribution in [3.63, 3.8) is 0 Å². The molecule has 5 nitrogen and oxygen atoms in total. The maximum Gasteiger partial charge on any atom is 0.318 e. The van der Waals surface area contributed by atoms with E-state index in [-0.39, 0.29) is 0 Å². The van der Waals surface area contributed by atoms with Crippen LogP contribution in [0.4, 0.5) is 5.82 Å². The first-order valence-corrected chi connectivity index (χ1v) is 5.78. The Morgan fingerprint density at radius 2 is 2.25 bits per heavy atom. The van der Waals surface area contributed by atoms with Crippen molar-refractivity contribution in [3.05, 3.63) is 11.3 Å². The number of methoxy groups -OCH3 is 1. The number of nitrogens with one attached hydrogen (secondary N) is 2. The molecular formula is C11H16N4O. The highest BCUT2D eigenvalue weighted by molar-refractivity contribution is 5.50. The first-order chi connectivity index (χ1) is 7.86. The number of aromatic nitrogens is 2. The highest BCUT2D eigenvalue weighted by atomic mass is 16.5. The summed E-state index contributed by atoms with van der Waals surface area (Å²) in [6.45, 7) is 1.82. The fourth-order valence-electron chi connectivity index (χ4n) is 1.97. The van der Waals surface area contributed by atoms with Crippen LogP contribution in [0.25, 0.3) is 0 Å². The van der Waals surface area contributed by atoms with E-state index in [1.807, 2.05) is 0 Å². The van der Waals surface area contributed by atoms with E-state index in [1.54, 1.807) is 7.11 Å². The third-order valence-corrected chi connectivity index (χ3v) is 3.02. The zero-order valence-electron chi connectivity index (χ0n) is 9.42. The lowest BCUT2D eigenvalue weighted by atomic mass is 10.1. The molecule has 1 aromatic rings. The Bertz CT molecular complexity index is 403. The summed E-state index contributed by atoms with van der Waals surface area (Å²) in [6, 6.07) is 1.07. The van der Waals surface area contributed by atoms with E-state index in [0.29, 0.717) is 12.1 Å². The summed E-state index contributed by atoms with van der Waals surface area (Å²) in [6.07, 6.45) is 3.49. The molecule has 1 aromatic heterocycles. The summed E-state index contributed by atoms with van der Waals surface area (Å²) < 4.78 is 5.13. The molecule has 0 aromatic carbocycles. The van der Waals surface area contributed by atoms with Crippen LogP contribution in [0.5, 0.6) is 6.01 Å². The third-order valence-electron chi connectivity index (χ3n) is 3.02. The Labute approximate surface area is 94.6 Å². The molecule has 2 aliphatic rings. The predicted molar refractivity (Wildman–Crippen MR) is 60.6 cm³/mol. The molecule has 3 rings (SSSR count). The minimum Gasteiger partial charge on any atom is -0.467 e. The summed E-state index contributed by atoms with van der Waals surface area (Å²) in [5, 5.41) is 6.77. The maximum atomic E-state index is 5.13. The fraction of sp³-hybridized carbons (Fsp3) is 0.636. The number of nitrogens with zero attached hydrogens (tertiary/aromatic N) is 2. The quantitative estimate of drug-likeness (QED) is 0.785. The average molecular weight is 220 g/mol. The molecule has 2 heterocycles. The van der Waals surface area contributed by atoms with Gasteiger partial charge in [0.05, 0.1) is 12.8 Å². The van der Waals surface area contributed by atoms with E-state index < -0.39 is 0 Å². The molecule has 2 N–H and O–H groups in total. The molecule has 0 radical (unpaired) electrons. The molecule has 0 unspecified atom stereocenters. The Kier molecular flexibility index (Phi) is 2.40. The van der Waals surface area contributed by atoms with Gasteiger partial charge in [0, 0.05) is 18.2 Å². The lowest BCUT2D eigenvalue weighted by Crippen LogP contribution is -2.26. The van der Waals surface area contributed by atoms with Crippen molar-refractivity contribution in [2.24, 2.45) is 0 Å². The molecule has 16 heavy (non-hydrogen) atoms. The van der Waals surface area contributed by atoms with Crippen LogP contribution in [0.2, 0.25) is 0 Å². The second-order valence-corrected chi connectivity index (χ2v) is 4.33. The van der Waals surface area contributed by atoms with E-state index in [0.717, 1.165) is 31.0 Å². The fourth-order valence-corrected chi connectivity index (χ4v) is 1.97. The predicted octanol–water partition coefficient (Wildman–Crippen LogP) is 0.705. The molecule has 1 saturated carbocycles. The first-order valence-electron chi connectivity index (χ1n) is 5.78. The minimum absolute atomic E-state index is 0.464. The maximum absolute atomic E-state index is 5.13. The van der Waals surface area contributed by atoms with E-state index in [1.165, 1.54) is 18.4 Å². The van der Waals surface area contributed by atoms with Gasteiger partial charge in [0.2, 0.25) is 0 Å². The SMILES string of the molecule is COc1nc2c(c(NC3CC3)n1)CCNC2. The van der Waals surface area contributed by atoms with Gasteiger partial charge >= 0.3 is 6.01 Å². The summed E-state index contributed by atoms with van der Waals surface area (Å²) in [5.41, 5.74) is 2.33. The second-order valence-electron chi connectivity index (χ2n) is 4.33. The highest BCUT2D eigenvalue weighted by Gasteiger charge is 2.25. The lowest BCUT2D eigenvalue weighted by Gasteiger charge is -2.20. The van der Waals surface area contributed by atoms with Crippen LogP contribution in [-0.2, 0) is 13.0 Å². The van der Waals surface area contributed by atoms with Crippen molar-refractivity contribution in [3.8, 4) is 6.01 Å². The molecule has 86 valence electrons. The van der Waals surface area contributed by atoms with Gasteiger partial charge in [0.1, 0.15) is 5.82 Å². The zero-order valence-corrected chi connectivity index (χ0v) is 9.42. The molecule has 1 aliphatic heterocycles. The van der Waals surface area contributed by atoms with Gasteiger partial charge in [-0.1, -0.05) is 0 Å². The van der Waals surface area contributed by atoms with Crippen LogP contribution in [0.15, 0.2) is 0 Å². The Hall–Kier alpha value is -1.36. The number of anilines is 1. The van der Waals surface area contributed by atoms with Gasteiger partial charge in [-0.15, -0.1) is 0 Å². The van der Waals surface area contributed by atoms with Crippen LogP contribution in [0, 0.1) is 0 Å². The number of hydrogen-bond donors (Lipinski definition) is 2. The van der Waals surface area contributed by atoms with Crippen LogP contribution < -0.4 is 15.4 Å². The van der Waals surface area contributed by atoms with E-state index in [2.05, 4.69) is 20.6 Å². The molecule has 0 atom stereocenters. The number of rotatable bonds is 3. The Morgan fingerprint density at radius 1 is 1.38 bits per heavy atom. The third kappa shape index (κ3) is 1.82. The molecule has 0 spiro atoms. The van der Waals surface area contributed by atoms with Gasteiger partial charge in [-0.2, -0.15) is 9.97 Å². The second kappa shape index (κ2) is 3.90. The van der Waals surface area contributed by atoms with Crippen molar-refractivity contribution >= 4 is 5.82 Å². The molecule has 0 bridgehead atoms. The van der Waals surface area contributed by atoms with Crippen LogP contribution >= 0.6 is 0 Å². The van der Waals surface area contributed by atoms with Crippen molar-refractivity contribution in [1.29, 1.82) is 0 Å². The zero-order chi connectivity index (χ0) is 11.0. The standard InChI is InChI=1S/C11H16N4O/c1-16-11-14-9-6-12-5-4-8(9)10(15-11)13-7-2-3-7/h7,12H,2-6H2,1H3,(H,13,14,15). The number of hydrogen-bond acceptors (Lipinski definition) is 5. The first kappa shape index (κ1) is 9.84. The Morgan fingerprint density at radius 3 is 3.00 bits per heavy atom. The monoisotopic (exact) mass is 220 g/mol. The van der Waals surface area contributed by atoms with Crippen molar-refractivity contribution in [2.45, 2.75) is 31.8 Å². The normalized spacial score (nSPS) is 19.1. The van der Waals surface area contributed by atoms with Gasteiger partial charge in [0.15, 0.2) is 0 Å². The summed E-state index contributed by atoms with van der Waals surface area (Å²) >= 11 is 0. The Balaban J connectivity index is 1.97. The van der Waals surface area contributed by atoms with E-state index in [9.17, 15) is 0 Å². The van der Waals surface area contributed by atoms with Crippen LogP contribution in [-0.4, -0.2) is 29.7 Å². The van der Waals surface area contributed by atoms with Gasteiger partial charge in [0.25, 0.3) is 0 Å². The largest absolute Gasteiger partial charge is 0.467 e. The van der Waals surface area contributed by atoms with E-state index in [4.69, 9.17) is 4.74 Å². The van der Waals surface area contributed by atoms with Crippen molar-refractivity contribution in [2.75, 3.05) is 19.0 Å². The van der Waals surface area contributed by atoms with Gasteiger partial charge in [-0.25, -0.2) is 0 Å². The summed E-state index contributed by atoms with van der Waals surface area (Å²) in [5.74, 6) is 0.978. The van der Waals surface area contributed by atoms with E-state index >= 15 is 0 Å². The average Bonchev–Trinajstić information content (AvgIpc) is 3.13. The number of ether oxygens (including phenoxy) is 1. The lowest BCUT2D eigenvalue weighted by molar-refractivity contribution is 0.376. The molecule has 0 saturated heterocycles. The minimum atomic E-state index is 0.464.